The Hall–Kier alpha value is -3.40. The van der Waals surface area contributed by atoms with Gasteiger partial charge in [0.05, 0.1) is 23.1 Å². The number of benzene rings is 2. The van der Waals surface area contributed by atoms with Crippen LogP contribution in [0.2, 0.25) is 0 Å². The number of carbonyl (C=O) groups excluding carboxylic acids is 1. The highest BCUT2D eigenvalue weighted by atomic mass is 19.3. The summed E-state index contributed by atoms with van der Waals surface area (Å²) >= 11 is 0. The number of carbonyl (C=O) groups is 1. The van der Waals surface area contributed by atoms with Crippen molar-refractivity contribution in [1.29, 1.82) is 0 Å². The highest BCUT2D eigenvalue weighted by molar-refractivity contribution is 5.97. The lowest BCUT2D eigenvalue weighted by Gasteiger charge is -2.24. The summed E-state index contributed by atoms with van der Waals surface area (Å²) in [6.45, 7) is -5.85. The topological polar surface area (TPSA) is 47.4 Å². The first kappa shape index (κ1) is 17.1. The lowest BCUT2D eigenvalue weighted by atomic mass is 9.97. The summed E-state index contributed by atoms with van der Waals surface area (Å²) in [6.07, 6.45) is 4.69. The average molecular weight is 451 g/mol. The molecule has 0 radical (unpaired) electrons. The molecule has 6 rings (SSSR count). The van der Waals surface area contributed by atoms with E-state index in [0.717, 1.165) is 29.2 Å². The molecule has 2 bridgehead atoms. The summed E-state index contributed by atoms with van der Waals surface area (Å²) < 4.78 is 57.5. The van der Waals surface area contributed by atoms with Gasteiger partial charge in [0.1, 0.15) is 11.6 Å². The molecule has 168 valence electrons. The van der Waals surface area contributed by atoms with Crippen LogP contribution in [0.25, 0.3) is 11.0 Å². The van der Waals surface area contributed by atoms with E-state index in [4.69, 9.17) is 13.8 Å². The summed E-state index contributed by atoms with van der Waals surface area (Å²) in [4.78, 5) is 19.0. The van der Waals surface area contributed by atoms with E-state index in [0.29, 0.717) is 16.9 Å². The maximum atomic E-state index is 13.5. The number of rotatable bonds is 4. The number of ether oxygens (including phenoxy) is 1. The van der Waals surface area contributed by atoms with Gasteiger partial charge in [-0.05, 0) is 42.7 Å². The van der Waals surface area contributed by atoms with Gasteiger partial charge in [-0.2, -0.15) is 8.78 Å². The molecular formula is C26H23F2N3O2. The molecule has 1 aromatic heterocycles. The molecule has 33 heavy (non-hydrogen) atoms. The summed E-state index contributed by atoms with van der Waals surface area (Å²) in [5.74, 6) is 6.75. The fourth-order valence-corrected chi connectivity index (χ4v) is 5.03. The molecule has 2 aliphatic heterocycles. The van der Waals surface area contributed by atoms with E-state index in [1.165, 1.54) is 31.0 Å². The van der Waals surface area contributed by atoms with Crippen molar-refractivity contribution in [3.05, 3.63) is 58.9 Å². The molecule has 5 nitrogen and oxygen atoms in total. The van der Waals surface area contributed by atoms with E-state index in [2.05, 4.69) is 11.8 Å². The SMILES string of the molecule is [2H]C([2H])([2H])N1C(=O)c2cccc(OC(F)F)c2[C@H]2C[C@@H]1c1nc3ccc(C#CCCC4CC4)cc3n12. The average Bonchev–Trinajstić information content (AvgIpc) is 3.49. The van der Waals surface area contributed by atoms with E-state index in [-0.39, 0.29) is 23.3 Å². The zero-order chi connectivity index (χ0) is 25.2. The summed E-state index contributed by atoms with van der Waals surface area (Å²) in [7, 11) is 0. The number of alkyl halides is 2. The molecule has 0 spiro atoms. The van der Waals surface area contributed by atoms with Gasteiger partial charge in [0, 0.05) is 40.6 Å². The maximum absolute atomic E-state index is 13.5. The van der Waals surface area contributed by atoms with Crippen molar-refractivity contribution in [1.82, 2.24) is 14.5 Å². The number of imidazole rings is 1. The van der Waals surface area contributed by atoms with Crippen molar-refractivity contribution in [3.8, 4) is 17.6 Å². The number of aromatic nitrogens is 2. The highest BCUT2D eigenvalue weighted by Gasteiger charge is 2.45. The van der Waals surface area contributed by atoms with Gasteiger partial charge < -0.3 is 14.2 Å². The standard InChI is InChI=1S/C26H23F2N3O2/c1-30-21-14-20(23-17(25(30)32)7-4-8-22(23)33-26(27)28)31-19-13-16(6-3-2-5-15-9-10-15)11-12-18(19)29-24(21)31/h4,7-8,11-13,15,20-21,26H,2,5,9-10,14H2,1H3/t20-,21-/m1/s1/i1D3. The molecule has 1 saturated carbocycles. The molecule has 3 heterocycles. The second kappa shape index (κ2) is 7.58. The fourth-order valence-electron chi connectivity index (χ4n) is 5.03. The fraction of sp³-hybridized carbons (Fsp3) is 0.385. The predicted octanol–water partition coefficient (Wildman–Crippen LogP) is 5.30. The quantitative estimate of drug-likeness (QED) is 0.507. The Morgan fingerprint density at radius 2 is 2.15 bits per heavy atom. The van der Waals surface area contributed by atoms with Crippen LogP contribution >= 0.6 is 0 Å². The molecule has 2 aromatic carbocycles. The van der Waals surface area contributed by atoms with Gasteiger partial charge in [-0.25, -0.2) is 4.98 Å². The van der Waals surface area contributed by atoms with Crippen LogP contribution in [0, 0.1) is 17.8 Å². The Bertz CT molecular complexity index is 1440. The third-order valence-corrected chi connectivity index (χ3v) is 6.76. The van der Waals surface area contributed by atoms with E-state index < -0.39 is 31.6 Å². The van der Waals surface area contributed by atoms with Crippen LogP contribution in [-0.4, -0.2) is 33.9 Å². The van der Waals surface area contributed by atoms with Crippen molar-refractivity contribution < 1.29 is 22.4 Å². The van der Waals surface area contributed by atoms with Gasteiger partial charge in [0.25, 0.3) is 5.91 Å². The molecule has 0 saturated heterocycles. The smallest absolute Gasteiger partial charge is 0.387 e. The first-order chi connectivity index (χ1) is 17.2. The van der Waals surface area contributed by atoms with Crippen molar-refractivity contribution in [2.45, 2.75) is 50.8 Å². The van der Waals surface area contributed by atoms with E-state index >= 15 is 0 Å². The Labute approximate surface area is 194 Å². The second-order valence-corrected chi connectivity index (χ2v) is 8.87. The van der Waals surface area contributed by atoms with Crippen LogP contribution in [0.15, 0.2) is 36.4 Å². The molecular weight excluding hydrogens is 424 g/mol. The summed E-state index contributed by atoms with van der Waals surface area (Å²) in [5, 5.41) is 0. The normalized spacial score (nSPS) is 22.7. The number of hydrogen-bond acceptors (Lipinski definition) is 3. The minimum atomic E-state index is -3.10. The van der Waals surface area contributed by atoms with Gasteiger partial charge >= 0.3 is 6.61 Å². The van der Waals surface area contributed by atoms with Crippen LogP contribution in [0.4, 0.5) is 8.78 Å². The van der Waals surface area contributed by atoms with Crippen molar-refractivity contribution >= 4 is 16.9 Å². The van der Waals surface area contributed by atoms with Gasteiger partial charge in [-0.15, -0.1) is 0 Å². The minimum absolute atomic E-state index is 0.0419. The van der Waals surface area contributed by atoms with E-state index in [9.17, 15) is 13.6 Å². The monoisotopic (exact) mass is 450 g/mol. The molecule has 3 aliphatic rings. The first-order valence-corrected chi connectivity index (χ1v) is 11.1. The number of fused-ring (bicyclic) bond motifs is 9. The molecule has 1 amide bonds. The van der Waals surface area contributed by atoms with Crippen molar-refractivity contribution in [3.63, 3.8) is 0 Å². The predicted molar refractivity (Wildman–Crippen MR) is 119 cm³/mol. The van der Waals surface area contributed by atoms with Crippen LogP contribution in [0.5, 0.6) is 5.75 Å². The highest BCUT2D eigenvalue weighted by Crippen LogP contribution is 2.49. The van der Waals surface area contributed by atoms with Crippen LogP contribution in [0.1, 0.15) is 75.6 Å². The molecule has 0 unspecified atom stereocenters. The number of amides is 1. The van der Waals surface area contributed by atoms with Gasteiger partial charge in [-0.3, -0.25) is 4.79 Å². The van der Waals surface area contributed by atoms with Crippen LogP contribution in [0.3, 0.4) is 0 Å². The van der Waals surface area contributed by atoms with Crippen molar-refractivity contribution in [2.24, 2.45) is 5.92 Å². The van der Waals surface area contributed by atoms with Gasteiger partial charge in [0.15, 0.2) is 0 Å². The van der Waals surface area contributed by atoms with Crippen molar-refractivity contribution in [2.75, 3.05) is 6.98 Å². The van der Waals surface area contributed by atoms with E-state index in [1.54, 1.807) is 0 Å². The van der Waals surface area contributed by atoms with Gasteiger partial charge in [-0.1, -0.05) is 30.7 Å². The van der Waals surface area contributed by atoms with Crippen LogP contribution < -0.4 is 4.74 Å². The largest absolute Gasteiger partial charge is 0.434 e. The Morgan fingerprint density at radius 3 is 2.94 bits per heavy atom. The second-order valence-electron chi connectivity index (χ2n) is 8.87. The molecule has 1 aliphatic carbocycles. The Kier molecular flexibility index (Phi) is 3.94. The maximum Gasteiger partial charge on any atom is 0.387 e. The molecule has 2 atom stereocenters. The molecule has 1 fully saturated rings. The van der Waals surface area contributed by atoms with Gasteiger partial charge in [0.2, 0.25) is 0 Å². The summed E-state index contributed by atoms with van der Waals surface area (Å²) in [6, 6.07) is 8.40. The van der Waals surface area contributed by atoms with E-state index in [1.807, 2.05) is 22.8 Å². The summed E-state index contributed by atoms with van der Waals surface area (Å²) in [5.41, 5.74) is 2.42. The third kappa shape index (κ3) is 3.36. The Balaban J connectivity index is 1.52. The first-order valence-electron chi connectivity index (χ1n) is 12.6. The molecule has 0 N–H and O–H groups in total. The number of hydrogen-bond donors (Lipinski definition) is 0. The molecule has 7 heteroatoms. The zero-order valence-electron chi connectivity index (χ0n) is 20.7. The minimum Gasteiger partial charge on any atom is -0.434 e. The number of halogens is 2. The number of nitrogens with zero attached hydrogens (tertiary/aromatic N) is 3. The molecule has 3 aromatic rings. The lowest BCUT2D eigenvalue weighted by Crippen LogP contribution is -2.30. The Morgan fingerprint density at radius 1 is 1.27 bits per heavy atom. The van der Waals surface area contributed by atoms with Crippen LogP contribution in [-0.2, 0) is 0 Å². The lowest BCUT2D eigenvalue weighted by molar-refractivity contribution is -0.0507. The third-order valence-electron chi connectivity index (χ3n) is 6.76. The zero-order valence-corrected chi connectivity index (χ0v) is 17.7.